The highest BCUT2D eigenvalue weighted by atomic mass is 16.1. The number of hydrogen-bond donors (Lipinski definition) is 1. The largest absolute Gasteiger partial charge is 0.355 e. The number of benzene rings is 1. The third kappa shape index (κ3) is 4.39. The maximum atomic E-state index is 12.5. The lowest BCUT2D eigenvalue weighted by molar-refractivity contribution is -0.120. The molecule has 0 fully saturated rings. The third-order valence-electron chi connectivity index (χ3n) is 5.22. The van der Waals surface area contributed by atoms with Gasteiger partial charge in [0, 0.05) is 41.7 Å². The lowest BCUT2D eigenvalue weighted by atomic mass is 10.1. The predicted molar refractivity (Wildman–Crippen MR) is 112 cm³/mol. The molecule has 2 aromatic heterocycles. The van der Waals surface area contributed by atoms with E-state index < -0.39 is 0 Å². The zero-order chi connectivity index (χ0) is 20.1. The second-order valence-electron chi connectivity index (χ2n) is 6.98. The summed E-state index contributed by atoms with van der Waals surface area (Å²) in [7, 11) is 0. The van der Waals surface area contributed by atoms with E-state index in [-0.39, 0.29) is 5.91 Å². The highest BCUT2D eigenvalue weighted by Crippen LogP contribution is 2.22. The molecule has 0 spiro atoms. The number of rotatable bonds is 8. The van der Waals surface area contributed by atoms with Gasteiger partial charge in [-0.05, 0) is 26.9 Å². The summed E-state index contributed by atoms with van der Waals surface area (Å²) in [6, 6.07) is 12.0. The first-order valence-electron chi connectivity index (χ1n) is 9.93. The Hall–Kier alpha value is -2.73. The van der Waals surface area contributed by atoms with E-state index >= 15 is 0 Å². The first kappa shape index (κ1) is 20.0. The molecule has 0 aliphatic carbocycles. The number of likely N-dealkylation sites (N-methyl/N-ethyl adjacent to an activating group) is 1. The Morgan fingerprint density at radius 2 is 1.86 bits per heavy atom. The number of fused-ring (bicyclic) bond motifs is 1. The number of amides is 1. The second-order valence-corrected chi connectivity index (χ2v) is 6.98. The SMILES string of the molecule is CCN(CC)CCNC(=O)Cc1c(C)nc2cc(-c3ccccc3)nn2c1C. The van der Waals surface area contributed by atoms with Crippen LogP contribution in [0.5, 0.6) is 0 Å². The van der Waals surface area contributed by atoms with E-state index in [0.29, 0.717) is 13.0 Å². The van der Waals surface area contributed by atoms with Crippen LogP contribution in [0.15, 0.2) is 36.4 Å². The van der Waals surface area contributed by atoms with Crippen molar-refractivity contribution in [3.8, 4) is 11.3 Å². The highest BCUT2D eigenvalue weighted by Gasteiger charge is 2.15. The van der Waals surface area contributed by atoms with Gasteiger partial charge in [-0.2, -0.15) is 5.10 Å². The number of nitrogens with one attached hydrogen (secondary N) is 1. The van der Waals surface area contributed by atoms with Crippen molar-refractivity contribution in [2.24, 2.45) is 0 Å². The maximum absolute atomic E-state index is 12.5. The maximum Gasteiger partial charge on any atom is 0.224 e. The van der Waals surface area contributed by atoms with Gasteiger partial charge in [-0.25, -0.2) is 9.50 Å². The lowest BCUT2D eigenvalue weighted by Gasteiger charge is -2.18. The molecule has 0 unspecified atom stereocenters. The summed E-state index contributed by atoms with van der Waals surface area (Å²) in [5, 5.41) is 7.74. The van der Waals surface area contributed by atoms with Gasteiger partial charge in [0.05, 0.1) is 12.1 Å². The van der Waals surface area contributed by atoms with Crippen LogP contribution < -0.4 is 5.32 Å². The molecular formula is C22H29N5O. The van der Waals surface area contributed by atoms with Gasteiger partial charge in [0.1, 0.15) is 0 Å². The van der Waals surface area contributed by atoms with Crippen LogP contribution in [0.1, 0.15) is 30.8 Å². The fourth-order valence-electron chi connectivity index (χ4n) is 3.45. The molecule has 2 heterocycles. The highest BCUT2D eigenvalue weighted by molar-refractivity contribution is 5.79. The number of nitrogens with zero attached hydrogens (tertiary/aromatic N) is 4. The van der Waals surface area contributed by atoms with E-state index in [1.54, 1.807) is 0 Å². The molecule has 1 aromatic carbocycles. The molecule has 1 amide bonds. The van der Waals surface area contributed by atoms with Crippen molar-refractivity contribution in [3.05, 3.63) is 53.3 Å². The molecule has 28 heavy (non-hydrogen) atoms. The fourth-order valence-corrected chi connectivity index (χ4v) is 3.45. The van der Waals surface area contributed by atoms with Gasteiger partial charge in [-0.15, -0.1) is 0 Å². The monoisotopic (exact) mass is 379 g/mol. The average Bonchev–Trinajstić information content (AvgIpc) is 3.13. The van der Waals surface area contributed by atoms with E-state index in [1.165, 1.54) is 0 Å². The first-order valence-corrected chi connectivity index (χ1v) is 9.93. The van der Waals surface area contributed by atoms with Crippen LogP contribution in [-0.4, -0.2) is 51.6 Å². The van der Waals surface area contributed by atoms with Crippen molar-refractivity contribution in [3.63, 3.8) is 0 Å². The van der Waals surface area contributed by atoms with E-state index in [2.05, 4.69) is 29.0 Å². The van der Waals surface area contributed by atoms with Crippen molar-refractivity contribution >= 4 is 11.6 Å². The van der Waals surface area contributed by atoms with Crippen molar-refractivity contribution in [2.45, 2.75) is 34.1 Å². The van der Waals surface area contributed by atoms with Crippen LogP contribution in [0.25, 0.3) is 16.9 Å². The van der Waals surface area contributed by atoms with Gasteiger partial charge >= 0.3 is 0 Å². The van der Waals surface area contributed by atoms with E-state index in [0.717, 1.165) is 53.5 Å². The Labute approximate surface area is 166 Å². The fraction of sp³-hybridized carbons (Fsp3) is 0.409. The van der Waals surface area contributed by atoms with Crippen LogP contribution >= 0.6 is 0 Å². The molecule has 148 valence electrons. The first-order chi connectivity index (χ1) is 13.5. The molecule has 0 radical (unpaired) electrons. The minimum Gasteiger partial charge on any atom is -0.355 e. The Morgan fingerprint density at radius 1 is 1.14 bits per heavy atom. The molecule has 3 aromatic rings. The number of carbonyl (C=O) groups is 1. The minimum absolute atomic E-state index is 0.0231. The van der Waals surface area contributed by atoms with Crippen molar-refractivity contribution in [2.75, 3.05) is 26.2 Å². The summed E-state index contributed by atoms with van der Waals surface area (Å²) in [5.74, 6) is 0.0231. The van der Waals surface area contributed by atoms with Crippen molar-refractivity contribution < 1.29 is 4.79 Å². The van der Waals surface area contributed by atoms with Gasteiger partial charge in [-0.3, -0.25) is 4.79 Å². The molecule has 6 nitrogen and oxygen atoms in total. The Morgan fingerprint density at radius 3 is 2.54 bits per heavy atom. The molecule has 0 saturated heterocycles. The summed E-state index contributed by atoms with van der Waals surface area (Å²) in [5.41, 5.74) is 5.53. The summed E-state index contributed by atoms with van der Waals surface area (Å²) in [4.78, 5) is 19.4. The Kier molecular flexibility index (Phi) is 6.41. The molecule has 0 saturated carbocycles. The number of aromatic nitrogens is 3. The minimum atomic E-state index is 0.0231. The predicted octanol–water partition coefficient (Wildman–Crippen LogP) is 3.01. The Balaban J connectivity index is 1.77. The molecule has 3 rings (SSSR count). The average molecular weight is 380 g/mol. The van der Waals surface area contributed by atoms with Gasteiger partial charge in [0.25, 0.3) is 0 Å². The molecule has 6 heteroatoms. The zero-order valence-electron chi connectivity index (χ0n) is 17.2. The van der Waals surface area contributed by atoms with Crippen LogP contribution in [-0.2, 0) is 11.2 Å². The molecule has 0 aliphatic rings. The molecular weight excluding hydrogens is 350 g/mol. The van der Waals surface area contributed by atoms with E-state index in [4.69, 9.17) is 5.10 Å². The van der Waals surface area contributed by atoms with Gasteiger partial charge in [0.2, 0.25) is 5.91 Å². The van der Waals surface area contributed by atoms with Crippen molar-refractivity contribution in [1.29, 1.82) is 0 Å². The summed E-state index contributed by atoms with van der Waals surface area (Å²) < 4.78 is 1.84. The summed E-state index contributed by atoms with van der Waals surface area (Å²) in [6.07, 6.45) is 0.319. The second kappa shape index (κ2) is 8.97. The van der Waals surface area contributed by atoms with Crippen LogP contribution in [0.3, 0.4) is 0 Å². The normalized spacial score (nSPS) is 11.3. The van der Waals surface area contributed by atoms with Crippen LogP contribution in [0.2, 0.25) is 0 Å². The summed E-state index contributed by atoms with van der Waals surface area (Å²) >= 11 is 0. The number of hydrogen-bond acceptors (Lipinski definition) is 4. The zero-order valence-corrected chi connectivity index (χ0v) is 17.2. The number of aryl methyl sites for hydroxylation is 2. The van der Waals surface area contributed by atoms with Crippen LogP contribution in [0.4, 0.5) is 0 Å². The molecule has 0 bridgehead atoms. The van der Waals surface area contributed by atoms with E-state index in [9.17, 15) is 4.79 Å². The van der Waals surface area contributed by atoms with Gasteiger partial charge in [-0.1, -0.05) is 44.2 Å². The number of carbonyl (C=O) groups excluding carboxylic acids is 1. The van der Waals surface area contributed by atoms with Crippen molar-refractivity contribution in [1.82, 2.24) is 24.8 Å². The third-order valence-corrected chi connectivity index (χ3v) is 5.22. The van der Waals surface area contributed by atoms with Crippen LogP contribution in [0, 0.1) is 13.8 Å². The molecule has 0 aliphatic heterocycles. The Bertz CT molecular complexity index is 944. The van der Waals surface area contributed by atoms with Gasteiger partial charge < -0.3 is 10.2 Å². The molecule has 1 N–H and O–H groups in total. The lowest BCUT2D eigenvalue weighted by Crippen LogP contribution is -2.35. The topological polar surface area (TPSA) is 62.5 Å². The smallest absolute Gasteiger partial charge is 0.224 e. The standard InChI is InChI=1S/C22H29N5O/c1-5-26(6-2)13-12-23-22(28)14-19-16(3)24-21-15-20(25-27(21)17(19)4)18-10-8-7-9-11-18/h7-11,15H,5-6,12-14H2,1-4H3,(H,23,28). The molecule has 0 atom stereocenters. The quantitative estimate of drug-likeness (QED) is 0.653. The van der Waals surface area contributed by atoms with Gasteiger partial charge in [0.15, 0.2) is 5.65 Å². The van der Waals surface area contributed by atoms with E-state index in [1.807, 2.05) is 54.8 Å². The summed E-state index contributed by atoms with van der Waals surface area (Å²) in [6.45, 7) is 11.7.